The van der Waals surface area contributed by atoms with E-state index in [1.807, 2.05) is 19.9 Å². The van der Waals surface area contributed by atoms with Crippen molar-refractivity contribution in [1.29, 1.82) is 5.26 Å². The topological polar surface area (TPSA) is 150 Å². The molecule has 0 aliphatic heterocycles. The van der Waals surface area contributed by atoms with Gasteiger partial charge in [-0.25, -0.2) is 23.8 Å². The molecule has 0 unspecified atom stereocenters. The van der Waals surface area contributed by atoms with Gasteiger partial charge in [0.25, 0.3) is 0 Å². The number of nitriles is 1. The summed E-state index contributed by atoms with van der Waals surface area (Å²) in [4.78, 5) is 19.6. The highest BCUT2D eigenvalue weighted by Gasteiger charge is 2.21. The van der Waals surface area contributed by atoms with Crippen molar-refractivity contribution in [3.8, 4) is 17.6 Å². The molecular weight excluding hydrogens is 443 g/mol. The molecule has 0 saturated heterocycles. The zero-order valence-electron chi connectivity index (χ0n) is 18.9. The first kappa shape index (κ1) is 24.2. The molecular formula is C22H25FN8O3. The number of aromatic nitrogens is 4. The fourth-order valence-electron chi connectivity index (χ4n) is 3.29. The van der Waals surface area contributed by atoms with Crippen LogP contribution in [-0.2, 0) is 0 Å². The van der Waals surface area contributed by atoms with Crippen LogP contribution >= 0.6 is 0 Å². The van der Waals surface area contributed by atoms with E-state index in [2.05, 4.69) is 31.0 Å². The summed E-state index contributed by atoms with van der Waals surface area (Å²) >= 11 is 0. The molecule has 0 bridgehead atoms. The Morgan fingerprint density at radius 1 is 1.35 bits per heavy atom. The van der Waals surface area contributed by atoms with Crippen LogP contribution in [0.1, 0.15) is 32.8 Å². The van der Waals surface area contributed by atoms with Crippen molar-refractivity contribution in [3.05, 3.63) is 48.2 Å². The number of carboxylic acid groups (broad SMARTS) is 1. The van der Waals surface area contributed by atoms with E-state index in [9.17, 15) is 14.4 Å². The molecule has 11 nitrogen and oxygen atoms in total. The lowest BCUT2D eigenvalue weighted by molar-refractivity contribution is 0.189. The molecule has 0 radical (unpaired) electrons. The Hall–Kier alpha value is -4.40. The summed E-state index contributed by atoms with van der Waals surface area (Å²) in [6.07, 6.45) is 4.18. The van der Waals surface area contributed by atoms with Gasteiger partial charge in [-0.2, -0.15) is 10.4 Å². The summed E-state index contributed by atoms with van der Waals surface area (Å²) in [7, 11) is 0. The minimum atomic E-state index is -1.18. The molecule has 3 aromatic rings. The van der Waals surface area contributed by atoms with E-state index in [0.717, 1.165) is 6.07 Å². The monoisotopic (exact) mass is 468 g/mol. The van der Waals surface area contributed by atoms with Crippen molar-refractivity contribution in [2.24, 2.45) is 0 Å². The average Bonchev–Trinajstić information content (AvgIpc) is 3.34. The minimum Gasteiger partial charge on any atom is -0.476 e. The van der Waals surface area contributed by atoms with Crippen LogP contribution in [0.3, 0.4) is 0 Å². The highest BCUT2D eigenvalue weighted by atomic mass is 19.1. The van der Waals surface area contributed by atoms with Gasteiger partial charge < -0.3 is 25.8 Å². The van der Waals surface area contributed by atoms with Crippen molar-refractivity contribution < 1.29 is 19.0 Å². The summed E-state index contributed by atoms with van der Waals surface area (Å²) in [5.41, 5.74) is 1.03. The average molecular weight is 468 g/mol. The second-order valence-corrected chi connectivity index (χ2v) is 7.28. The lowest BCUT2D eigenvalue weighted by Gasteiger charge is -2.25. The van der Waals surface area contributed by atoms with Gasteiger partial charge in [-0.1, -0.05) is 6.92 Å². The van der Waals surface area contributed by atoms with E-state index in [-0.39, 0.29) is 17.2 Å². The highest BCUT2D eigenvalue weighted by Crippen LogP contribution is 2.28. The molecule has 1 amide bonds. The van der Waals surface area contributed by atoms with Crippen molar-refractivity contribution in [3.63, 3.8) is 0 Å². The molecule has 3 heterocycles. The van der Waals surface area contributed by atoms with Crippen LogP contribution in [0.5, 0.6) is 5.88 Å². The van der Waals surface area contributed by atoms with Crippen LogP contribution in [0.15, 0.2) is 36.8 Å². The number of nitrogens with one attached hydrogen (secondary N) is 3. The van der Waals surface area contributed by atoms with Crippen molar-refractivity contribution in [2.75, 3.05) is 17.2 Å². The van der Waals surface area contributed by atoms with Crippen LogP contribution in [-0.4, -0.2) is 49.6 Å². The van der Waals surface area contributed by atoms with Gasteiger partial charge in [-0.3, -0.25) is 0 Å². The third-order valence-electron chi connectivity index (χ3n) is 4.94. The van der Waals surface area contributed by atoms with Crippen molar-refractivity contribution in [1.82, 2.24) is 25.1 Å². The van der Waals surface area contributed by atoms with Gasteiger partial charge in [-0.15, -0.1) is 0 Å². The van der Waals surface area contributed by atoms with Gasteiger partial charge >= 0.3 is 6.09 Å². The van der Waals surface area contributed by atoms with Gasteiger partial charge in [-0.05, 0) is 38.5 Å². The molecule has 4 N–H and O–H groups in total. The zero-order chi connectivity index (χ0) is 24.7. The SMILES string of the molecule is CCOc1ncc(Nc2nc(N[C@H](CC)[C@H](C)NC(=O)O)c(F)cc2C#N)cc1-n1cccn1. The standard InChI is InChI=1S/C22H25FN8O3/c1-4-17(13(3)27-22(32)33)29-20-16(23)9-14(11-24)19(30-20)28-15-10-18(31-8-6-7-26-31)21(25-12-15)34-5-2/h6-10,12-13,17,27H,4-5H2,1-3H3,(H,32,33)(H2,28,29,30)/t13-,17+/m0/s1. The third kappa shape index (κ3) is 5.69. The normalized spacial score (nSPS) is 12.3. The molecule has 0 aliphatic carbocycles. The van der Waals surface area contributed by atoms with E-state index in [4.69, 9.17) is 9.84 Å². The summed E-state index contributed by atoms with van der Waals surface area (Å²) in [6.45, 7) is 5.75. The third-order valence-corrected chi connectivity index (χ3v) is 4.94. The van der Waals surface area contributed by atoms with E-state index < -0.39 is 24.0 Å². The molecule has 0 spiro atoms. The summed E-state index contributed by atoms with van der Waals surface area (Å²) in [6, 6.07) is 5.53. The second kappa shape index (κ2) is 11.0. The van der Waals surface area contributed by atoms with Gasteiger partial charge in [0, 0.05) is 24.5 Å². The molecule has 0 fully saturated rings. The Balaban J connectivity index is 1.93. The van der Waals surface area contributed by atoms with Gasteiger partial charge in [0.1, 0.15) is 11.8 Å². The molecule has 12 heteroatoms. The molecule has 0 aromatic carbocycles. The van der Waals surface area contributed by atoms with Gasteiger partial charge in [0.2, 0.25) is 5.88 Å². The van der Waals surface area contributed by atoms with Gasteiger partial charge in [0.05, 0.1) is 24.1 Å². The molecule has 0 aliphatic rings. The van der Waals surface area contributed by atoms with Crippen molar-refractivity contribution >= 4 is 23.4 Å². The van der Waals surface area contributed by atoms with Crippen LogP contribution in [0, 0.1) is 17.1 Å². The fraction of sp³-hybridized carbons (Fsp3) is 0.318. The van der Waals surface area contributed by atoms with E-state index in [0.29, 0.717) is 30.3 Å². The minimum absolute atomic E-state index is 0.0117. The number of hydrogen-bond acceptors (Lipinski definition) is 8. The highest BCUT2D eigenvalue weighted by molar-refractivity contribution is 5.67. The number of amides is 1. The number of carbonyl (C=O) groups is 1. The molecule has 2 atom stereocenters. The Bertz CT molecular complexity index is 1180. The summed E-state index contributed by atoms with van der Waals surface area (Å²) < 4.78 is 21.8. The summed E-state index contributed by atoms with van der Waals surface area (Å²) in [5, 5.41) is 31.0. The Morgan fingerprint density at radius 3 is 2.76 bits per heavy atom. The van der Waals surface area contributed by atoms with Gasteiger partial charge in [0.15, 0.2) is 17.5 Å². The number of rotatable bonds is 10. The maximum atomic E-state index is 14.7. The predicted octanol–water partition coefficient (Wildman–Crippen LogP) is 3.66. The van der Waals surface area contributed by atoms with Crippen LogP contribution in [0.4, 0.5) is 26.5 Å². The van der Waals surface area contributed by atoms with E-state index in [1.165, 1.54) is 6.20 Å². The Morgan fingerprint density at radius 2 is 2.15 bits per heavy atom. The lowest BCUT2D eigenvalue weighted by Crippen LogP contribution is -2.44. The zero-order valence-corrected chi connectivity index (χ0v) is 18.9. The largest absolute Gasteiger partial charge is 0.476 e. The number of ether oxygens (including phenoxy) is 1. The quantitative estimate of drug-likeness (QED) is 0.349. The van der Waals surface area contributed by atoms with E-state index in [1.54, 1.807) is 36.1 Å². The maximum absolute atomic E-state index is 14.7. The Kier molecular flexibility index (Phi) is 7.81. The lowest BCUT2D eigenvalue weighted by atomic mass is 10.1. The maximum Gasteiger partial charge on any atom is 0.404 e. The Labute approximate surface area is 195 Å². The fourth-order valence-corrected chi connectivity index (χ4v) is 3.29. The molecule has 0 saturated carbocycles. The molecule has 3 aromatic heterocycles. The predicted molar refractivity (Wildman–Crippen MR) is 123 cm³/mol. The summed E-state index contributed by atoms with van der Waals surface area (Å²) in [5.74, 6) is -0.362. The first-order valence-electron chi connectivity index (χ1n) is 10.6. The molecule has 3 rings (SSSR count). The number of anilines is 3. The first-order valence-corrected chi connectivity index (χ1v) is 10.6. The molecule has 178 valence electrons. The van der Waals surface area contributed by atoms with Crippen LogP contribution < -0.4 is 20.7 Å². The molecule has 34 heavy (non-hydrogen) atoms. The van der Waals surface area contributed by atoms with Crippen molar-refractivity contribution in [2.45, 2.75) is 39.3 Å². The second-order valence-electron chi connectivity index (χ2n) is 7.28. The van der Waals surface area contributed by atoms with E-state index >= 15 is 0 Å². The number of hydrogen-bond donors (Lipinski definition) is 4. The number of nitrogens with zero attached hydrogens (tertiary/aromatic N) is 5. The number of pyridine rings is 2. The van der Waals surface area contributed by atoms with Crippen LogP contribution in [0.2, 0.25) is 0 Å². The smallest absolute Gasteiger partial charge is 0.404 e. The number of halogens is 1. The van der Waals surface area contributed by atoms with Crippen LogP contribution in [0.25, 0.3) is 5.69 Å². The first-order chi connectivity index (χ1) is 16.4.